The fourth-order valence-electron chi connectivity index (χ4n) is 4.28. The van der Waals surface area contributed by atoms with Gasteiger partial charge in [0.15, 0.2) is 9.84 Å². The van der Waals surface area contributed by atoms with Gasteiger partial charge in [-0.25, -0.2) is 17.8 Å². The molecule has 0 aliphatic carbocycles. The van der Waals surface area contributed by atoms with Gasteiger partial charge in [0.2, 0.25) is 0 Å². The number of aromatic nitrogens is 6. The van der Waals surface area contributed by atoms with Crippen LogP contribution in [0.4, 0.5) is 4.39 Å². The number of H-pyrrole nitrogens is 2. The second-order valence-electron chi connectivity index (χ2n) is 8.64. The molecule has 0 aliphatic heterocycles. The molecule has 0 bridgehead atoms. The molecule has 0 spiro atoms. The second-order valence-corrected chi connectivity index (χ2v) is 10.7. The minimum absolute atomic E-state index is 0.284. The number of fused-ring (bicyclic) bond motifs is 1. The van der Waals surface area contributed by atoms with E-state index in [0.29, 0.717) is 19.4 Å². The first-order chi connectivity index (χ1) is 16.9. The SMILES string of the molecule is CS(=O)(=O)c1cccc(Cc2nnc(Cc3c[nH]c4cc(F)ccc34)n2CCCc2cnc[nH]2)c1. The smallest absolute Gasteiger partial charge is 0.175 e. The molecule has 0 saturated heterocycles. The lowest BCUT2D eigenvalue weighted by molar-refractivity contribution is 0.593. The summed E-state index contributed by atoms with van der Waals surface area (Å²) in [5.41, 5.74) is 3.65. The Balaban J connectivity index is 1.44. The highest BCUT2D eigenvalue weighted by Gasteiger charge is 2.16. The zero-order valence-electron chi connectivity index (χ0n) is 19.2. The zero-order valence-corrected chi connectivity index (χ0v) is 20.0. The number of hydrogen-bond acceptors (Lipinski definition) is 5. The Labute approximate surface area is 202 Å². The maximum Gasteiger partial charge on any atom is 0.175 e. The summed E-state index contributed by atoms with van der Waals surface area (Å²) < 4.78 is 39.7. The number of nitrogens with zero attached hydrogens (tertiary/aromatic N) is 4. The van der Waals surface area contributed by atoms with Gasteiger partial charge in [-0.3, -0.25) is 0 Å². The van der Waals surface area contributed by atoms with Crippen molar-refractivity contribution in [2.75, 3.05) is 6.26 Å². The van der Waals surface area contributed by atoms with Gasteiger partial charge in [-0.1, -0.05) is 12.1 Å². The Kier molecular flexibility index (Phi) is 6.21. The van der Waals surface area contributed by atoms with Crippen LogP contribution in [0.3, 0.4) is 0 Å². The fraction of sp³-hybridized carbons (Fsp3) is 0.240. The van der Waals surface area contributed by atoms with Crippen LogP contribution in [0.5, 0.6) is 0 Å². The largest absolute Gasteiger partial charge is 0.361 e. The first kappa shape index (κ1) is 23.0. The normalized spacial score (nSPS) is 11.9. The van der Waals surface area contributed by atoms with Gasteiger partial charge >= 0.3 is 0 Å². The molecule has 10 heteroatoms. The summed E-state index contributed by atoms with van der Waals surface area (Å²) in [6.45, 7) is 0.694. The van der Waals surface area contributed by atoms with Crippen LogP contribution < -0.4 is 0 Å². The summed E-state index contributed by atoms with van der Waals surface area (Å²) in [6.07, 6.45) is 9.23. The first-order valence-electron chi connectivity index (χ1n) is 11.3. The number of hydrogen-bond donors (Lipinski definition) is 2. The highest BCUT2D eigenvalue weighted by Crippen LogP contribution is 2.23. The van der Waals surface area contributed by atoms with Crippen molar-refractivity contribution in [2.24, 2.45) is 0 Å². The van der Waals surface area contributed by atoms with Gasteiger partial charge in [0.05, 0.1) is 11.2 Å². The molecule has 0 saturated carbocycles. The summed E-state index contributed by atoms with van der Waals surface area (Å²) in [5, 5.41) is 9.90. The average molecular weight is 493 g/mol. The standard InChI is InChI=1S/C25H25FN6O2S/c1-35(33,34)21-6-2-4-17(10-21)11-24-30-31-25(32(24)9-3-5-20-15-27-16-29-20)12-18-14-28-23-13-19(26)7-8-22(18)23/h2,4,6-8,10,13-16,28H,3,5,9,11-12H2,1H3,(H,27,29). The van der Waals surface area contributed by atoms with Gasteiger partial charge < -0.3 is 14.5 Å². The topological polar surface area (TPSA) is 109 Å². The summed E-state index contributed by atoms with van der Waals surface area (Å²) in [4.78, 5) is 10.6. The van der Waals surface area contributed by atoms with E-state index in [4.69, 9.17) is 0 Å². The van der Waals surface area contributed by atoms with E-state index in [1.807, 2.05) is 18.5 Å². The number of imidazole rings is 1. The highest BCUT2D eigenvalue weighted by molar-refractivity contribution is 7.90. The molecule has 0 amide bonds. The van der Waals surface area contributed by atoms with Crippen LogP contribution >= 0.6 is 0 Å². The Hall–Kier alpha value is -3.79. The molecule has 0 atom stereocenters. The van der Waals surface area contributed by atoms with Crippen molar-refractivity contribution in [1.29, 1.82) is 0 Å². The maximum absolute atomic E-state index is 13.6. The van der Waals surface area contributed by atoms with Gasteiger partial charge in [-0.2, -0.15) is 0 Å². The van der Waals surface area contributed by atoms with Gasteiger partial charge in [-0.15, -0.1) is 10.2 Å². The van der Waals surface area contributed by atoms with Crippen LogP contribution in [-0.2, 0) is 35.6 Å². The predicted octanol–water partition coefficient (Wildman–Crippen LogP) is 3.84. The molecule has 0 aliphatic rings. The zero-order chi connectivity index (χ0) is 24.4. The van der Waals surface area contributed by atoms with E-state index in [2.05, 4.69) is 29.7 Å². The number of aromatic amines is 2. The van der Waals surface area contributed by atoms with E-state index in [1.54, 1.807) is 30.6 Å². The van der Waals surface area contributed by atoms with Crippen molar-refractivity contribution in [3.8, 4) is 0 Å². The van der Waals surface area contributed by atoms with Gasteiger partial charge in [0, 0.05) is 54.6 Å². The molecule has 3 heterocycles. The Morgan fingerprint density at radius 2 is 1.86 bits per heavy atom. The molecule has 3 aromatic heterocycles. The molecular formula is C25H25FN6O2S. The van der Waals surface area contributed by atoms with E-state index >= 15 is 0 Å². The number of rotatable bonds is 9. The highest BCUT2D eigenvalue weighted by atomic mass is 32.2. The number of halogens is 1. The fourth-order valence-corrected chi connectivity index (χ4v) is 4.98. The molecule has 0 radical (unpaired) electrons. The second kappa shape index (κ2) is 9.46. The monoisotopic (exact) mass is 492 g/mol. The first-order valence-corrected chi connectivity index (χ1v) is 13.2. The minimum atomic E-state index is -3.30. The number of benzene rings is 2. The number of sulfone groups is 1. The van der Waals surface area contributed by atoms with Crippen LogP contribution in [0.1, 0.15) is 34.9 Å². The third-order valence-electron chi connectivity index (χ3n) is 6.05. The van der Waals surface area contributed by atoms with Crippen molar-refractivity contribution in [2.45, 2.75) is 37.1 Å². The number of nitrogens with one attached hydrogen (secondary N) is 2. The Morgan fingerprint density at radius 1 is 1.03 bits per heavy atom. The lowest BCUT2D eigenvalue weighted by atomic mass is 10.1. The molecule has 5 aromatic rings. The van der Waals surface area contributed by atoms with Crippen molar-refractivity contribution >= 4 is 20.7 Å². The van der Waals surface area contributed by atoms with Crippen LogP contribution in [0.25, 0.3) is 10.9 Å². The molecule has 8 nitrogen and oxygen atoms in total. The summed E-state index contributed by atoms with van der Waals surface area (Å²) in [7, 11) is -3.30. The van der Waals surface area contributed by atoms with E-state index in [0.717, 1.165) is 52.2 Å². The van der Waals surface area contributed by atoms with Crippen molar-refractivity contribution in [1.82, 2.24) is 29.7 Å². The number of aryl methyl sites for hydroxylation is 1. The lowest BCUT2D eigenvalue weighted by Gasteiger charge is -2.11. The minimum Gasteiger partial charge on any atom is -0.361 e. The third-order valence-corrected chi connectivity index (χ3v) is 7.16. The molecule has 35 heavy (non-hydrogen) atoms. The van der Waals surface area contributed by atoms with Crippen LogP contribution in [0.2, 0.25) is 0 Å². The maximum atomic E-state index is 13.6. The quantitative estimate of drug-likeness (QED) is 0.325. The molecule has 0 unspecified atom stereocenters. The van der Waals surface area contributed by atoms with Crippen LogP contribution in [-0.4, -0.2) is 44.4 Å². The van der Waals surface area contributed by atoms with E-state index in [9.17, 15) is 12.8 Å². The Morgan fingerprint density at radius 3 is 2.63 bits per heavy atom. The van der Waals surface area contributed by atoms with Crippen LogP contribution in [0, 0.1) is 5.82 Å². The van der Waals surface area contributed by atoms with E-state index in [-0.39, 0.29) is 10.7 Å². The molecule has 2 N–H and O–H groups in total. The molecule has 0 fully saturated rings. The van der Waals surface area contributed by atoms with Crippen molar-refractivity contribution < 1.29 is 12.8 Å². The molecule has 180 valence electrons. The summed E-state index contributed by atoms with van der Waals surface area (Å²) in [6, 6.07) is 11.6. The van der Waals surface area contributed by atoms with E-state index < -0.39 is 9.84 Å². The molecule has 5 rings (SSSR count). The summed E-state index contributed by atoms with van der Waals surface area (Å²) in [5.74, 6) is 1.28. The average Bonchev–Trinajstić information content (AvgIpc) is 3.56. The molecule has 2 aromatic carbocycles. The van der Waals surface area contributed by atoms with Crippen molar-refractivity contribution in [3.63, 3.8) is 0 Å². The summed E-state index contributed by atoms with van der Waals surface area (Å²) >= 11 is 0. The third kappa shape index (κ3) is 5.17. The van der Waals surface area contributed by atoms with Gasteiger partial charge in [0.1, 0.15) is 17.5 Å². The van der Waals surface area contributed by atoms with Crippen molar-refractivity contribution in [3.05, 3.63) is 95.5 Å². The van der Waals surface area contributed by atoms with Gasteiger partial charge in [-0.05, 0) is 54.3 Å². The predicted molar refractivity (Wildman–Crippen MR) is 130 cm³/mol. The van der Waals surface area contributed by atoms with Gasteiger partial charge in [0.25, 0.3) is 0 Å². The van der Waals surface area contributed by atoms with E-state index in [1.165, 1.54) is 18.4 Å². The molecular weight excluding hydrogens is 467 g/mol. The Bertz CT molecular complexity index is 1570. The van der Waals surface area contributed by atoms with Crippen LogP contribution in [0.15, 0.2) is 66.1 Å². The lowest BCUT2D eigenvalue weighted by Crippen LogP contribution is -2.10.